The van der Waals surface area contributed by atoms with Crippen molar-refractivity contribution in [2.24, 2.45) is 5.73 Å². The molecule has 0 heterocycles. The maximum atomic E-state index is 11.2. The number of hydrogen-bond acceptors (Lipinski definition) is 3. The number of amides is 3. The largest absolute Gasteiger partial charge is 0.351 e. The van der Waals surface area contributed by atoms with Crippen molar-refractivity contribution in [2.75, 3.05) is 0 Å². The molecule has 80 valence electrons. The number of primary amides is 1. The second-order valence-electron chi connectivity index (χ2n) is 3.17. The van der Waals surface area contributed by atoms with E-state index in [-0.39, 0.29) is 6.04 Å². The van der Waals surface area contributed by atoms with E-state index < -0.39 is 18.0 Å². The van der Waals surface area contributed by atoms with E-state index >= 15 is 0 Å². The second-order valence-corrected chi connectivity index (χ2v) is 3.17. The molecule has 5 heteroatoms. The molecule has 0 aromatic carbocycles. The van der Waals surface area contributed by atoms with Gasteiger partial charge in [0.1, 0.15) is 0 Å². The summed E-state index contributed by atoms with van der Waals surface area (Å²) >= 11 is 0. The number of carbonyl (C=O) groups excluding carboxylic acids is 2. The molecule has 3 amide bonds. The zero-order valence-corrected chi connectivity index (χ0v) is 8.54. The second kappa shape index (κ2) is 6.15. The molecule has 0 aromatic heterocycles. The van der Waals surface area contributed by atoms with Gasteiger partial charge in [-0.2, -0.15) is 0 Å². The summed E-state index contributed by atoms with van der Waals surface area (Å²) in [6.07, 6.45) is 2.52. The SMILES string of the molecule is C=CCC(C)NC(C)C(=O)NC(N)=O. The molecule has 0 aliphatic heterocycles. The minimum Gasteiger partial charge on any atom is -0.351 e. The number of hydrogen-bond donors (Lipinski definition) is 3. The van der Waals surface area contributed by atoms with Gasteiger partial charge in [-0.3, -0.25) is 10.1 Å². The third-order valence-corrected chi connectivity index (χ3v) is 1.69. The van der Waals surface area contributed by atoms with E-state index in [0.717, 1.165) is 6.42 Å². The highest BCUT2D eigenvalue weighted by Gasteiger charge is 2.15. The molecule has 0 bridgehead atoms. The molecule has 0 rings (SSSR count). The lowest BCUT2D eigenvalue weighted by molar-refractivity contribution is -0.121. The van der Waals surface area contributed by atoms with Crippen LogP contribution in [0.2, 0.25) is 0 Å². The minimum absolute atomic E-state index is 0.140. The topological polar surface area (TPSA) is 84.2 Å². The van der Waals surface area contributed by atoms with Crippen LogP contribution in [0.4, 0.5) is 4.79 Å². The summed E-state index contributed by atoms with van der Waals surface area (Å²) in [7, 11) is 0. The van der Waals surface area contributed by atoms with Crippen LogP contribution in [0.3, 0.4) is 0 Å². The Balaban J connectivity index is 3.93. The van der Waals surface area contributed by atoms with Crippen molar-refractivity contribution in [1.82, 2.24) is 10.6 Å². The third kappa shape index (κ3) is 5.31. The number of nitrogens with two attached hydrogens (primary N) is 1. The van der Waals surface area contributed by atoms with Gasteiger partial charge < -0.3 is 11.1 Å². The van der Waals surface area contributed by atoms with Crippen LogP contribution in [0.1, 0.15) is 20.3 Å². The number of imide groups is 1. The molecule has 0 spiro atoms. The van der Waals surface area contributed by atoms with E-state index in [9.17, 15) is 9.59 Å². The molecule has 0 fully saturated rings. The highest BCUT2D eigenvalue weighted by Crippen LogP contribution is 1.93. The summed E-state index contributed by atoms with van der Waals surface area (Å²) in [6, 6.07) is -1.14. The average molecular weight is 199 g/mol. The first-order valence-corrected chi connectivity index (χ1v) is 4.44. The predicted molar refractivity (Wildman–Crippen MR) is 54.6 cm³/mol. The predicted octanol–water partition coefficient (Wildman–Crippen LogP) is 0.124. The van der Waals surface area contributed by atoms with Gasteiger partial charge in [0.05, 0.1) is 6.04 Å². The zero-order valence-electron chi connectivity index (χ0n) is 8.54. The van der Waals surface area contributed by atoms with E-state index in [1.807, 2.05) is 12.2 Å². The quantitative estimate of drug-likeness (QED) is 0.550. The number of carbonyl (C=O) groups is 2. The Morgan fingerprint density at radius 3 is 2.50 bits per heavy atom. The monoisotopic (exact) mass is 199 g/mol. The fraction of sp³-hybridized carbons (Fsp3) is 0.556. The van der Waals surface area contributed by atoms with Crippen molar-refractivity contribution in [3.8, 4) is 0 Å². The van der Waals surface area contributed by atoms with E-state index in [2.05, 4.69) is 11.9 Å². The molecular formula is C9H17N3O2. The van der Waals surface area contributed by atoms with Crippen LogP contribution >= 0.6 is 0 Å². The summed E-state index contributed by atoms with van der Waals surface area (Å²) in [5.41, 5.74) is 4.81. The number of urea groups is 1. The summed E-state index contributed by atoms with van der Waals surface area (Å²) in [5, 5.41) is 5.00. The molecule has 0 saturated carbocycles. The Bertz CT molecular complexity index is 228. The highest BCUT2D eigenvalue weighted by molar-refractivity contribution is 5.96. The van der Waals surface area contributed by atoms with Gasteiger partial charge in [0.25, 0.3) is 0 Å². The van der Waals surface area contributed by atoms with Crippen LogP contribution in [0.25, 0.3) is 0 Å². The Labute approximate surface area is 83.7 Å². The van der Waals surface area contributed by atoms with Gasteiger partial charge in [0, 0.05) is 6.04 Å². The molecule has 14 heavy (non-hydrogen) atoms. The third-order valence-electron chi connectivity index (χ3n) is 1.69. The number of rotatable bonds is 5. The van der Waals surface area contributed by atoms with Crippen LogP contribution in [-0.4, -0.2) is 24.0 Å². The Hall–Kier alpha value is -1.36. The molecule has 0 saturated heterocycles. The van der Waals surface area contributed by atoms with Gasteiger partial charge in [0.15, 0.2) is 0 Å². The van der Waals surface area contributed by atoms with E-state index in [0.29, 0.717) is 0 Å². The first-order chi connectivity index (χ1) is 6.47. The normalized spacial score (nSPS) is 14.1. The van der Waals surface area contributed by atoms with Gasteiger partial charge in [-0.1, -0.05) is 6.08 Å². The maximum Gasteiger partial charge on any atom is 0.318 e. The first kappa shape index (κ1) is 12.6. The summed E-state index contributed by atoms with van der Waals surface area (Å²) in [5.74, 6) is -0.423. The summed E-state index contributed by atoms with van der Waals surface area (Å²) in [4.78, 5) is 21.6. The van der Waals surface area contributed by atoms with Crippen molar-refractivity contribution >= 4 is 11.9 Å². The minimum atomic E-state index is -0.833. The molecule has 2 unspecified atom stereocenters. The van der Waals surface area contributed by atoms with Crippen LogP contribution in [0, 0.1) is 0 Å². The average Bonchev–Trinajstić information content (AvgIpc) is 2.02. The van der Waals surface area contributed by atoms with Gasteiger partial charge in [-0.25, -0.2) is 4.79 Å². The van der Waals surface area contributed by atoms with Crippen molar-refractivity contribution in [3.05, 3.63) is 12.7 Å². The van der Waals surface area contributed by atoms with Gasteiger partial charge in [-0.15, -0.1) is 6.58 Å². The van der Waals surface area contributed by atoms with E-state index in [1.54, 1.807) is 13.0 Å². The molecular weight excluding hydrogens is 182 g/mol. The fourth-order valence-electron chi connectivity index (χ4n) is 1.05. The molecule has 0 radical (unpaired) electrons. The standard InChI is InChI=1S/C9H17N3O2/c1-4-5-6(2)11-7(3)8(13)12-9(10)14/h4,6-7,11H,1,5H2,2-3H3,(H3,10,12,13,14). The van der Waals surface area contributed by atoms with Crippen LogP contribution in [0.5, 0.6) is 0 Å². The lowest BCUT2D eigenvalue weighted by atomic mass is 10.2. The summed E-state index contributed by atoms with van der Waals surface area (Å²) in [6.45, 7) is 7.18. The lowest BCUT2D eigenvalue weighted by Crippen LogP contribution is -2.48. The van der Waals surface area contributed by atoms with Crippen molar-refractivity contribution in [3.63, 3.8) is 0 Å². The molecule has 4 N–H and O–H groups in total. The fourth-order valence-corrected chi connectivity index (χ4v) is 1.05. The van der Waals surface area contributed by atoms with E-state index in [1.165, 1.54) is 0 Å². The smallest absolute Gasteiger partial charge is 0.318 e. The van der Waals surface area contributed by atoms with Crippen LogP contribution < -0.4 is 16.4 Å². The van der Waals surface area contributed by atoms with Gasteiger partial charge in [0.2, 0.25) is 5.91 Å². The van der Waals surface area contributed by atoms with Gasteiger partial charge >= 0.3 is 6.03 Å². The van der Waals surface area contributed by atoms with Gasteiger partial charge in [-0.05, 0) is 20.3 Å². The summed E-state index contributed by atoms with van der Waals surface area (Å²) < 4.78 is 0. The van der Waals surface area contributed by atoms with Crippen molar-refractivity contribution in [1.29, 1.82) is 0 Å². The molecule has 0 aliphatic carbocycles. The van der Waals surface area contributed by atoms with Crippen molar-refractivity contribution in [2.45, 2.75) is 32.4 Å². The Kier molecular flexibility index (Phi) is 5.55. The zero-order chi connectivity index (χ0) is 11.1. The Morgan fingerprint density at radius 2 is 2.07 bits per heavy atom. The maximum absolute atomic E-state index is 11.2. The molecule has 2 atom stereocenters. The molecule has 5 nitrogen and oxygen atoms in total. The lowest BCUT2D eigenvalue weighted by Gasteiger charge is -2.17. The van der Waals surface area contributed by atoms with Crippen LogP contribution in [0.15, 0.2) is 12.7 Å². The first-order valence-electron chi connectivity index (χ1n) is 4.44. The Morgan fingerprint density at radius 1 is 1.50 bits per heavy atom. The highest BCUT2D eigenvalue weighted by atomic mass is 16.2. The molecule has 0 aliphatic rings. The van der Waals surface area contributed by atoms with Crippen LogP contribution in [-0.2, 0) is 4.79 Å². The van der Waals surface area contributed by atoms with Crippen molar-refractivity contribution < 1.29 is 9.59 Å². The number of nitrogens with one attached hydrogen (secondary N) is 2. The molecule has 0 aromatic rings. The van der Waals surface area contributed by atoms with E-state index in [4.69, 9.17) is 5.73 Å².